The van der Waals surface area contributed by atoms with Crippen LogP contribution >= 0.6 is 11.3 Å². The first-order valence-corrected chi connectivity index (χ1v) is 12.0. The maximum absolute atomic E-state index is 12.5. The van der Waals surface area contributed by atoms with Gasteiger partial charge in [0.05, 0.1) is 31.2 Å². The smallest absolute Gasteiger partial charge is 0.226 e. The highest BCUT2D eigenvalue weighted by Crippen LogP contribution is 2.30. The van der Waals surface area contributed by atoms with Gasteiger partial charge in [-0.25, -0.2) is 4.98 Å². The maximum Gasteiger partial charge on any atom is 0.226 e. The van der Waals surface area contributed by atoms with Gasteiger partial charge in [0.25, 0.3) is 0 Å². The lowest BCUT2D eigenvalue weighted by molar-refractivity contribution is -0.116. The number of rotatable bonds is 10. The molecule has 35 heavy (non-hydrogen) atoms. The van der Waals surface area contributed by atoms with E-state index in [1.165, 1.54) is 11.3 Å². The summed E-state index contributed by atoms with van der Waals surface area (Å²) in [5.74, 6) is 2.65. The van der Waals surface area contributed by atoms with Crippen molar-refractivity contribution in [2.24, 2.45) is 0 Å². The maximum atomic E-state index is 12.5. The molecule has 182 valence electrons. The fourth-order valence-electron chi connectivity index (χ4n) is 3.51. The highest BCUT2D eigenvalue weighted by Gasteiger charge is 2.13. The molecule has 0 atom stereocenters. The van der Waals surface area contributed by atoms with Crippen molar-refractivity contribution in [3.05, 3.63) is 70.4 Å². The Balaban J connectivity index is 1.32. The number of ether oxygens (including phenoxy) is 3. The Morgan fingerprint density at radius 3 is 2.54 bits per heavy atom. The van der Waals surface area contributed by atoms with Gasteiger partial charge in [0, 0.05) is 17.4 Å². The van der Waals surface area contributed by atoms with Crippen LogP contribution in [0.1, 0.15) is 29.0 Å². The van der Waals surface area contributed by atoms with E-state index in [1.54, 1.807) is 14.2 Å². The molecule has 0 aliphatic carbocycles. The third kappa shape index (κ3) is 5.99. The van der Waals surface area contributed by atoms with Gasteiger partial charge in [0.1, 0.15) is 18.1 Å². The lowest BCUT2D eigenvalue weighted by atomic mass is 10.1. The first-order chi connectivity index (χ1) is 17.0. The second-order valence-electron chi connectivity index (χ2n) is 7.89. The minimum atomic E-state index is -0.0988. The normalized spacial score (nSPS) is 10.7. The quantitative estimate of drug-likeness (QED) is 0.308. The van der Waals surface area contributed by atoms with Crippen LogP contribution in [0.4, 0.5) is 5.13 Å². The van der Waals surface area contributed by atoms with Crippen molar-refractivity contribution in [3.63, 3.8) is 0 Å². The SMILES string of the molecule is COc1ccc(-c2csc(NC(=O)CCc3ccc(OCc4c(C)noc4C)c(OC)c3)n2)cc1. The molecule has 0 saturated carbocycles. The summed E-state index contributed by atoms with van der Waals surface area (Å²) in [4.78, 5) is 17.0. The largest absolute Gasteiger partial charge is 0.497 e. The molecule has 8 nitrogen and oxygen atoms in total. The third-order valence-electron chi connectivity index (χ3n) is 5.56. The Morgan fingerprint density at radius 2 is 1.86 bits per heavy atom. The van der Waals surface area contributed by atoms with Gasteiger partial charge >= 0.3 is 0 Å². The Bertz CT molecular complexity index is 1280. The molecule has 1 N–H and O–H groups in total. The molecule has 1 amide bonds. The second kappa shape index (κ2) is 11.1. The molecule has 4 aromatic rings. The van der Waals surface area contributed by atoms with Gasteiger partial charge in [-0.2, -0.15) is 0 Å². The fourth-order valence-corrected chi connectivity index (χ4v) is 4.25. The van der Waals surface area contributed by atoms with Crippen molar-refractivity contribution in [3.8, 4) is 28.5 Å². The number of methoxy groups -OCH3 is 2. The molecule has 2 heterocycles. The summed E-state index contributed by atoms with van der Waals surface area (Å²) in [6, 6.07) is 13.3. The zero-order valence-electron chi connectivity index (χ0n) is 20.1. The molecule has 0 bridgehead atoms. The van der Waals surface area contributed by atoms with E-state index in [4.69, 9.17) is 18.7 Å². The molecular weight excluding hydrogens is 466 g/mol. The van der Waals surface area contributed by atoms with Crippen LogP contribution < -0.4 is 19.5 Å². The fraction of sp³-hybridized carbons (Fsp3) is 0.269. The van der Waals surface area contributed by atoms with Crippen molar-refractivity contribution in [1.82, 2.24) is 10.1 Å². The van der Waals surface area contributed by atoms with Gasteiger partial charge in [-0.1, -0.05) is 11.2 Å². The Labute approximate surface area is 207 Å². The third-order valence-corrected chi connectivity index (χ3v) is 6.32. The second-order valence-corrected chi connectivity index (χ2v) is 8.75. The number of benzene rings is 2. The molecule has 0 spiro atoms. The summed E-state index contributed by atoms with van der Waals surface area (Å²) in [5.41, 5.74) is 4.47. The summed E-state index contributed by atoms with van der Waals surface area (Å²) in [6.45, 7) is 4.08. The number of nitrogens with zero attached hydrogens (tertiary/aromatic N) is 2. The number of aryl methyl sites for hydroxylation is 3. The minimum Gasteiger partial charge on any atom is -0.497 e. The number of nitrogens with one attached hydrogen (secondary N) is 1. The number of anilines is 1. The van der Waals surface area contributed by atoms with Gasteiger partial charge in [0.2, 0.25) is 5.91 Å². The number of aromatic nitrogens is 2. The van der Waals surface area contributed by atoms with Gasteiger partial charge in [-0.15, -0.1) is 11.3 Å². The monoisotopic (exact) mass is 493 g/mol. The number of carbonyl (C=O) groups excluding carboxylic acids is 1. The molecular formula is C26H27N3O5S. The Kier molecular flexibility index (Phi) is 7.67. The zero-order chi connectivity index (χ0) is 24.8. The highest BCUT2D eigenvalue weighted by atomic mass is 32.1. The molecule has 0 radical (unpaired) electrons. The summed E-state index contributed by atoms with van der Waals surface area (Å²) in [5, 5.41) is 9.32. The van der Waals surface area contributed by atoms with Crippen LogP contribution in [0.25, 0.3) is 11.3 Å². The molecule has 2 aromatic carbocycles. The Hall–Kier alpha value is -3.85. The molecule has 0 aliphatic heterocycles. The lowest BCUT2D eigenvalue weighted by Crippen LogP contribution is -2.12. The van der Waals surface area contributed by atoms with Crippen LogP contribution in [0, 0.1) is 13.8 Å². The van der Waals surface area contributed by atoms with E-state index >= 15 is 0 Å². The van der Waals surface area contributed by atoms with E-state index in [-0.39, 0.29) is 5.91 Å². The van der Waals surface area contributed by atoms with Gasteiger partial charge in [-0.3, -0.25) is 4.79 Å². The predicted octanol–water partition coefficient (Wildman–Crippen LogP) is 5.58. The van der Waals surface area contributed by atoms with E-state index in [0.29, 0.717) is 36.1 Å². The van der Waals surface area contributed by atoms with Crippen LogP contribution in [0.3, 0.4) is 0 Å². The molecule has 2 aromatic heterocycles. The zero-order valence-corrected chi connectivity index (χ0v) is 20.9. The number of thiazole rings is 1. The first kappa shape index (κ1) is 24.3. The summed E-state index contributed by atoms with van der Waals surface area (Å²) in [7, 11) is 3.23. The van der Waals surface area contributed by atoms with Crippen LogP contribution in [-0.2, 0) is 17.8 Å². The lowest BCUT2D eigenvalue weighted by Gasteiger charge is -2.12. The molecule has 0 unspecified atom stereocenters. The van der Waals surface area contributed by atoms with Gasteiger partial charge < -0.3 is 24.1 Å². The minimum absolute atomic E-state index is 0.0988. The summed E-state index contributed by atoms with van der Waals surface area (Å²) >= 11 is 1.40. The van der Waals surface area contributed by atoms with E-state index in [0.717, 1.165) is 39.6 Å². The van der Waals surface area contributed by atoms with E-state index in [9.17, 15) is 4.79 Å². The van der Waals surface area contributed by atoms with E-state index < -0.39 is 0 Å². The van der Waals surface area contributed by atoms with Crippen molar-refractivity contribution in [1.29, 1.82) is 0 Å². The summed E-state index contributed by atoms with van der Waals surface area (Å²) < 4.78 is 21.8. The van der Waals surface area contributed by atoms with Crippen molar-refractivity contribution >= 4 is 22.4 Å². The van der Waals surface area contributed by atoms with Crippen molar-refractivity contribution in [2.45, 2.75) is 33.3 Å². The summed E-state index contributed by atoms with van der Waals surface area (Å²) in [6.07, 6.45) is 0.878. The standard InChI is InChI=1S/C26H27N3O5S/c1-16-21(17(2)34-29-16)14-33-23-11-5-18(13-24(23)32-4)6-12-25(30)28-26-27-22(15-35-26)19-7-9-20(31-3)10-8-19/h5,7-11,13,15H,6,12,14H2,1-4H3,(H,27,28,30). The predicted molar refractivity (Wildman–Crippen MR) is 134 cm³/mol. The topological polar surface area (TPSA) is 95.7 Å². The van der Waals surface area contributed by atoms with Crippen LogP contribution in [0.5, 0.6) is 17.2 Å². The number of carbonyl (C=O) groups is 1. The molecule has 0 fully saturated rings. The Morgan fingerprint density at radius 1 is 1.06 bits per heavy atom. The highest BCUT2D eigenvalue weighted by molar-refractivity contribution is 7.14. The van der Waals surface area contributed by atoms with Crippen molar-refractivity contribution in [2.75, 3.05) is 19.5 Å². The molecule has 9 heteroatoms. The first-order valence-electron chi connectivity index (χ1n) is 11.1. The van der Waals surface area contributed by atoms with E-state index in [1.807, 2.05) is 61.7 Å². The average molecular weight is 494 g/mol. The van der Waals surface area contributed by atoms with Crippen LogP contribution in [-0.4, -0.2) is 30.3 Å². The van der Waals surface area contributed by atoms with E-state index in [2.05, 4.69) is 15.5 Å². The van der Waals surface area contributed by atoms with Crippen LogP contribution in [0.15, 0.2) is 52.4 Å². The van der Waals surface area contributed by atoms with Crippen LogP contribution in [0.2, 0.25) is 0 Å². The molecule has 4 rings (SSSR count). The van der Waals surface area contributed by atoms with Gasteiger partial charge in [-0.05, 0) is 62.2 Å². The number of amides is 1. The number of hydrogen-bond acceptors (Lipinski definition) is 8. The van der Waals surface area contributed by atoms with Crippen molar-refractivity contribution < 1.29 is 23.5 Å². The molecule has 0 aliphatic rings. The number of hydrogen-bond donors (Lipinski definition) is 1. The molecule has 0 saturated heterocycles. The van der Waals surface area contributed by atoms with Gasteiger partial charge in [0.15, 0.2) is 16.6 Å². The average Bonchev–Trinajstić information content (AvgIpc) is 3.47.